The number of aromatic nitrogens is 18. The largest absolute Gasteiger partial charge is 0.396 e. The Balaban J connectivity index is 0.000000112. The molecule has 13 aromatic heterocycles. The summed E-state index contributed by atoms with van der Waals surface area (Å²) in [5.74, 6) is 0.560. The first-order valence-electron chi connectivity index (χ1n) is 41.0. The Morgan fingerprint density at radius 2 is 0.709 bits per heavy atom. The highest BCUT2D eigenvalue weighted by atomic mass is 35.5. The Kier molecular flexibility index (Phi) is 26.7. The molecular weight excluding hydrogens is 1830 g/mol. The van der Waals surface area contributed by atoms with Crippen LogP contribution < -0.4 is 37.0 Å². The molecule has 34 heteroatoms. The lowest BCUT2D eigenvalue weighted by molar-refractivity contribution is 0.607. The van der Waals surface area contributed by atoms with Gasteiger partial charge in [0, 0.05) is 178 Å². The van der Waals surface area contributed by atoms with Gasteiger partial charge >= 0.3 is 0 Å². The van der Waals surface area contributed by atoms with Crippen LogP contribution in [0.4, 0.5) is 68.2 Å². The van der Waals surface area contributed by atoms with Gasteiger partial charge in [0.1, 0.15) is 0 Å². The summed E-state index contributed by atoms with van der Waals surface area (Å²) in [5, 5.41) is 54.2. The van der Waals surface area contributed by atoms with Crippen molar-refractivity contribution >= 4 is 213 Å². The highest BCUT2D eigenvalue weighted by Gasteiger charge is 2.17. The smallest absolute Gasteiger partial charge is 0.229 e. The first-order valence-corrected chi connectivity index (χ1v) is 45.2. The number of nitrogens with two attached hydrogens (primary N) is 1. The lowest BCUT2D eigenvalue weighted by Gasteiger charge is -2.12. The Bertz CT molecular complexity index is 8170. The fraction of sp³-hybridized carbons (Fsp3) is 0.0100. The number of hydrogen-bond acceptors (Lipinski definition) is 23. The lowest BCUT2D eigenvalue weighted by Crippen LogP contribution is -2.09. The van der Waals surface area contributed by atoms with Crippen molar-refractivity contribution in [2.24, 2.45) is 0 Å². The topological polar surface area (TPSA) is 373 Å². The molecule has 0 radical (unpaired) electrons. The van der Waals surface area contributed by atoms with E-state index < -0.39 is 10.0 Å². The van der Waals surface area contributed by atoms with E-state index in [2.05, 4.69) is 171 Å². The second-order valence-corrected chi connectivity index (χ2v) is 34.5. The number of benzene rings is 9. The predicted molar refractivity (Wildman–Crippen MR) is 541 cm³/mol. The van der Waals surface area contributed by atoms with Crippen LogP contribution >= 0.6 is 69.6 Å². The number of halogens is 6. The van der Waals surface area contributed by atoms with E-state index in [1.807, 2.05) is 194 Å². The Hall–Kier alpha value is -16.2. The van der Waals surface area contributed by atoms with Gasteiger partial charge in [-0.15, -0.1) is 10.2 Å². The molecule has 9 aromatic carbocycles. The highest BCUT2D eigenvalue weighted by Crippen LogP contribution is 2.39. The number of nitrogens with zero attached hydrogens (tertiary/aromatic N) is 15. The summed E-state index contributed by atoms with van der Waals surface area (Å²) in [6, 6.07) is 79.9. The van der Waals surface area contributed by atoms with Gasteiger partial charge in [0.05, 0.1) is 103 Å². The van der Waals surface area contributed by atoms with E-state index in [-0.39, 0.29) is 0 Å². The first kappa shape index (κ1) is 88.5. The monoisotopic (exact) mass is 1900 g/mol. The van der Waals surface area contributed by atoms with Gasteiger partial charge in [-0.1, -0.05) is 142 Å². The molecule has 134 heavy (non-hydrogen) atoms. The van der Waals surface area contributed by atoms with Crippen molar-refractivity contribution in [3.8, 4) is 67.0 Å². The molecule has 0 saturated heterocycles. The zero-order valence-electron chi connectivity index (χ0n) is 70.2. The Morgan fingerprint density at radius 1 is 0.321 bits per heavy atom. The summed E-state index contributed by atoms with van der Waals surface area (Å²) in [5.41, 5.74) is 31.9. The van der Waals surface area contributed by atoms with Crippen LogP contribution in [0, 0.1) is 0 Å². The number of sulfonamides is 1. The molecule has 0 unspecified atom stereocenters. The van der Waals surface area contributed by atoms with Crippen LogP contribution in [-0.4, -0.2) is 106 Å². The quantitative estimate of drug-likeness (QED) is 0.0357. The molecule has 0 aliphatic heterocycles. The number of hydrogen-bond donors (Lipinski definition) is 10. The minimum Gasteiger partial charge on any atom is -0.396 e. The Labute approximate surface area is 795 Å². The summed E-state index contributed by atoms with van der Waals surface area (Å²) in [6.07, 6.45) is 28.9. The average molecular weight is 1900 g/mol. The number of nitrogen functional groups attached to an aromatic ring is 1. The number of tetrazole rings is 1. The Morgan fingerprint density at radius 3 is 1.13 bits per heavy atom. The summed E-state index contributed by atoms with van der Waals surface area (Å²) < 4.78 is 25.6. The second-order valence-electron chi connectivity index (χ2n) is 30.2. The van der Waals surface area contributed by atoms with Gasteiger partial charge in [0.15, 0.2) is 10.8 Å². The predicted octanol–water partition coefficient (Wildman–Crippen LogP) is 25.9. The van der Waals surface area contributed by atoms with Crippen LogP contribution in [-0.2, 0) is 10.0 Å². The minimum atomic E-state index is -3.34. The van der Waals surface area contributed by atoms with Gasteiger partial charge < -0.3 is 32.3 Å². The third kappa shape index (κ3) is 21.9. The van der Waals surface area contributed by atoms with Gasteiger partial charge in [-0.3, -0.25) is 54.8 Å². The normalized spacial score (nSPS) is 11.0. The third-order valence-corrected chi connectivity index (χ3v) is 22.8. The number of pyridine rings is 10. The molecule has 22 aromatic rings. The zero-order chi connectivity index (χ0) is 92.0. The lowest BCUT2D eigenvalue weighted by atomic mass is 10.0. The van der Waals surface area contributed by atoms with E-state index in [1.165, 1.54) is 0 Å². The van der Waals surface area contributed by atoms with Crippen LogP contribution in [0.2, 0.25) is 30.3 Å². The summed E-state index contributed by atoms with van der Waals surface area (Å²) in [4.78, 5) is 43.1. The number of anilines is 12. The molecule has 22 rings (SSSR count). The van der Waals surface area contributed by atoms with E-state index in [4.69, 9.17) is 75.3 Å². The molecule has 0 spiro atoms. The first-order chi connectivity index (χ1) is 65.3. The van der Waals surface area contributed by atoms with Crippen LogP contribution in [0.5, 0.6) is 0 Å². The average Bonchev–Trinajstić information content (AvgIpc) is 0.928. The minimum absolute atomic E-state index is 0.305. The molecule has 656 valence electrons. The van der Waals surface area contributed by atoms with Crippen molar-refractivity contribution in [1.82, 2.24) is 90.9 Å². The van der Waals surface area contributed by atoms with E-state index >= 15 is 0 Å². The maximum absolute atomic E-state index is 11.5. The van der Waals surface area contributed by atoms with Gasteiger partial charge in [-0.2, -0.15) is 15.4 Å². The van der Waals surface area contributed by atoms with Crippen molar-refractivity contribution in [1.29, 1.82) is 0 Å². The standard InChI is InChI=1S/C21H14ClN7.C21H14ClN5.C21H17ClN4O2S.C20H14Cl2N4.C17H12ClN5/c22-16-10-17(12-23-11-16)25-20-6-7-24-19-5-4-14(9-18(19)20)13-2-1-3-15(8-13)21-26-28-29-27-21;22-16-2-1-3-17(10-16)26-20-6-7-23-19-5-4-13(9-18(19)20)14-8-15-12-25-27-21(15)24-11-14;1-29(27,28)26-17-4-2-3-14(9-17)15-5-6-20-19(10-15)21(7-8-24-20)25-18-11-16(22)12-23-13-18;21-14-2-1-3-15(10-14)26-19-6-7-24-18-5-4-12(8-16(18)19)13-9-17(23)20(22)25-11-13;18-13-6-14(10-19-9-13)23-17-3-4-20-16-2-1-11(5-15(16)17)12-7-21-22-8-12/h1-12H,(H,24,25)(H,26,27,28,29);1-12H,(H,23,26)(H,24,25,27);2-13,26H,1H3,(H,24,25);1-11H,23H2,(H,24,26);1-10H,(H,20,23)(H,21,22). The van der Waals surface area contributed by atoms with Crippen LogP contribution in [0.3, 0.4) is 0 Å². The maximum Gasteiger partial charge on any atom is 0.229 e. The summed E-state index contributed by atoms with van der Waals surface area (Å²) in [6.45, 7) is 0. The fourth-order valence-electron chi connectivity index (χ4n) is 14.6. The number of nitrogens with one attached hydrogen (secondary N) is 9. The number of aromatic amines is 3. The van der Waals surface area contributed by atoms with Gasteiger partial charge in [-0.25, -0.2) is 18.4 Å². The highest BCUT2D eigenvalue weighted by molar-refractivity contribution is 7.92. The fourth-order valence-corrected chi connectivity index (χ4v) is 16.2. The van der Waals surface area contributed by atoms with Crippen molar-refractivity contribution < 1.29 is 8.42 Å². The summed E-state index contributed by atoms with van der Waals surface area (Å²) in [7, 11) is -3.34. The molecule has 13 heterocycles. The molecule has 0 bridgehead atoms. The molecule has 0 aliphatic rings. The van der Waals surface area contributed by atoms with Crippen LogP contribution in [0.25, 0.3) is 133 Å². The summed E-state index contributed by atoms with van der Waals surface area (Å²) >= 11 is 36.2. The van der Waals surface area contributed by atoms with E-state index in [0.29, 0.717) is 47.5 Å². The molecule has 0 saturated carbocycles. The van der Waals surface area contributed by atoms with Crippen molar-refractivity contribution in [3.63, 3.8) is 0 Å². The van der Waals surface area contributed by atoms with E-state index in [1.54, 1.807) is 105 Å². The van der Waals surface area contributed by atoms with Crippen LogP contribution in [0.15, 0.2) is 348 Å². The SMILES string of the molecule is CS(=O)(=O)Nc1cccc(-c2ccc3nccc(Nc4cncc(Cl)c4)c3c2)c1.Clc1cccc(Nc2ccnc3ccc(-c4cnc5[nH]ncc5c4)cc23)c1.Clc1cncc(Nc2ccnc3ccc(-c4cccc(-c5nn[nH]n5)c4)cc23)c1.Clc1cncc(Nc2ccnc3ccc(-c4cn[nH]c4)cc23)c1.Nc1cc(-c2ccc3nccc(Nc4cccc(Cl)c4)c3c2)cnc1Cl. The number of rotatable bonds is 18. The second kappa shape index (κ2) is 40.5. The molecule has 27 nitrogen and oxygen atoms in total. The van der Waals surface area contributed by atoms with Gasteiger partial charge in [-0.05, 0) is 220 Å². The van der Waals surface area contributed by atoms with Crippen molar-refractivity contribution in [2.45, 2.75) is 0 Å². The van der Waals surface area contributed by atoms with Crippen molar-refractivity contribution in [3.05, 3.63) is 378 Å². The van der Waals surface area contributed by atoms with Gasteiger partial charge in [0.2, 0.25) is 15.8 Å². The van der Waals surface area contributed by atoms with Crippen LogP contribution in [0.1, 0.15) is 0 Å². The van der Waals surface area contributed by atoms with E-state index in [9.17, 15) is 8.42 Å². The molecule has 0 aliphatic carbocycles. The molecule has 11 N–H and O–H groups in total. The van der Waals surface area contributed by atoms with E-state index in [0.717, 1.165) is 190 Å². The third-order valence-electron chi connectivity index (χ3n) is 20.8. The van der Waals surface area contributed by atoms with Gasteiger partial charge in [0.25, 0.3) is 0 Å². The number of fused-ring (bicyclic) bond motifs is 6. The zero-order valence-corrected chi connectivity index (χ0v) is 75.5. The molecular formula is C100H71Cl6N25O2S. The molecule has 0 atom stereocenters. The molecule has 0 fully saturated rings. The maximum atomic E-state index is 11.5. The van der Waals surface area contributed by atoms with Crippen molar-refractivity contribution in [2.75, 3.05) is 43.3 Å². The molecule has 0 amide bonds. The number of H-pyrrole nitrogens is 3.